The molecule has 1 aliphatic heterocycles. The third kappa shape index (κ3) is 3.15. The Hall–Kier alpha value is -1.50. The molecule has 1 saturated heterocycles. The van der Waals surface area contributed by atoms with Crippen LogP contribution in [0.25, 0.3) is 10.9 Å². The predicted octanol–water partition coefficient (Wildman–Crippen LogP) is 2.04. The van der Waals surface area contributed by atoms with Crippen molar-refractivity contribution in [2.45, 2.75) is 0 Å². The summed E-state index contributed by atoms with van der Waals surface area (Å²) >= 11 is 5.17. The molecule has 0 amide bonds. The lowest BCUT2D eigenvalue weighted by atomic mass is 10.2. The maximum atomic E-state index is 5.35. The molecule has 0 aliphatic carbocycles. The second kappa shape index (κ2) is 6.30. The Kier molecular flexibility index (Phi) is 4.25. The van der Waals surface area contributed by atoms with Gasteiger partial charge in [0.05, 0.1) is 18.7 Å². The van der Waals surface area contributed by atoms with E-state index in [4.69, 9.17) is 17.0 Å². The Bertz CT molecular complexity index is 636. The number of aromatic nitrogens is 2. The van der Waals surface area contributed by atoms with Gasteiger partial charge >= 0.3 is 0 Å². The van der Waals surface area contributed by atoms with Crippen LogP contribution in [-0.2, 0) is 4.74 Å². The van der Waals surface area contributed by atoms with Crippen molar-refractivity contribution in [3.63, 3.8) is 0 Å². The molecule has 2 N–H and O–H groups in total. The first-order chi connectivity index (χ1) is 9.83. The zero-order valence-corrected chi connectivity index (χ0v) is 12.1. The molecule has 20 heavy (non-hydrogen) atoms. The molecule has 0 atom stereocenters. The van der Waals surface area contributed by atoms with Gasteiger partial charge in [-0.25, -0.2) is 4.98 Å². The summed E-state index contributed by atoms with van der Waals surface area (Å²) < 4.78 is 5.86. The van der Waals surface area contributed by atoms with Gasteiger partial charge in [-0.05, 0) is 24.4 Å². The predicted molar refractivity (Wildman–Crippen MR) is 82.7 cm³/mol. The Morgan fingerprint density at radius 3 is 2.95 bits per heavy atom. The van der Waals surface area contributed by atoms with Gasteiger partial charge in [-0.15, -0.1) is 0 Å². The number of para-hydroxylation sites is 1. The quantitative estimate of drug-likeness (QED) is 0.844. The highest BCUT2D eigenvalue weighted by Gasteiger charge is 2.10. The van der Waals surface area contributed by atoms with Gasteiger partial charge in [-0.2, -0.15) is 0 Å². The van der Waals surface area contributed by atoms with Gasteiger partial charge in [0.1, 0.15) is 5.82 Å². The minimum absolute atomic E-state index is 0.512. The topological polar surface area (TPSA) is 53.2 Å². The van der Waals surface area contributed by atoms with Gasteiger partial charge in [0.25, 0.3) is 0 Å². The van der Waals surface area contributed by atoms with E-state index in [0.717, 1.165) is 56.1 Å². The molecule has 0 saturated carbocycles. The first-order valence-electron chi connectivity index (χ1n) is 6.86. The van der Waals surface area contributed by atoms with Crippen molar-refractivity contribution < 1.29 is 4.74 Å². The number of H-pyrrole nitrogens is 1. The van der Waals surface area contributed by atoms with E-state index in [1.807, 2.05) is 24.3 Å². The van der Waals surface area contributed by atoms with Crippen LogP contribution in [0.1, 0.15) is 0 Å². The standard InChI is InChI=1S/C14H18N4OS/c20-14-16-12-4-2-1-3-11(12)13(17-14)15-5-6-18-7-9-19-10-8-18/h1-4H,5-10H2,(H2,15,16,17,20). The highest BCUT2D eigenvalue weighted by Crippen LogP contribution is 2.18. The normalized spacial score (nSPS) is 16.4. The van der Waals surface area contributed by atoms with E-state index in [9.17, 15) is 0 Å². The Balaban J connectivity index is 1.69. The molecular weight excluding hydrogens is 272 g/mol. The van der Waals surface area contributed by atoms with Crippen molar-refractivity contribution >= 4 is 28.9 Å². The van der Waals surface area contributed by atoms with E-state index in [2.05, 4.69) is 20.2 Å². The lowest BCUT2D eigenvalue weighted by molar-refractivity contribution is 0.0398. The molecule has 1 aromatic carbocycles. The van der Waals surface area contributed by atoms with Crippen LogP contribution in [0, 0.1) is 4.77 Å². The Morgan fingerprint density at radius 1 is 1.30 bits per heavy atom. The maximum absolute atomic E-state index is 5.35. The number of ether oxygens (including phenoxy) is 1. The highest BCUT2D eigenvalue weighted by atomic mass is 32.1. The summed E-state index contributed by atoms with van der Waals surface area (Å²) in [6.45, 7) is 5.52. The van der Waals surface area contributed by atoms with Crippen LogP contribution in [0.3, 0.4) is 0 Å². The molecule has 2 aromatic rings. The second-order valence-electron chi connectivity index (χ2n) is 4.82. The van der Waals surface area contributed by atoms with Crippen LogP contribution < -0.4 is 5.32 Å². The van der Waals surface area contributed by atoms with Crippen LogP contribution in [0.2, 0.25) is 0 Å². The van der Waals surface area contributed by atoms with Gasteiger partial charge in [-0.1, -0.05) is 12.1 Å². The number of benzene rings is 1. The Labute approximate surface area is 123 Å². The summed E-state index contributed by atoms with van der Waals surface area (Å²) in [5.74, 6) is 0.859. The van der Waals surface area contributed by atoms with E-state index in [1.54, 1.807) is 0 Å². The van der Waals surface area contributed by atoms with Crippen molar-refractivity contribution in [1.82, 2.24) is 14.9 Å². The van der Waals surface area contributed by atoms with Gasteiger partial charge in [0.15, 0.2) is 4.77 Å². The fourth-order valence-corrected chi connectivity index (χ4v) is 2.60. The smallest absolute Gasteiger partial charge is 0.199 e. The van der Waals surface area contributed by atoms with Crippen LogP contribution in [0.15, 0.2) is 24.3 Å². The van der Waals surface area contributed by atoms with Gasteiger partial charge in [0.2, 0.25) is 0 Å². The first kappa shape index (κ1) is 13.5. The molecule has 2 heterocycles. The SMILES string of the molecule is S=c1nc(NCCN2CCOCC2)c2ccccc2[nH]1. The average molecular weight is 290 g/mol. The molecule has 0 spiro atoms. The largest absolute Gasteiger partial charge is 0.379 e. The summed E-state index contributed by atoms with van der Waals surface area (Å²) in [7, 11) is 0. The van der Waals surface area contributed by atoms with E-state index >= 15 is 0 Å². The van der Waals surface area contributed by atoms with Crippen LogP contribution in [0.5, 0.6) is 0 Å². The zero-order valence-electron chi connectivity index (χ0n) is 11.3. The van der Waals surface area contributed by atoms with E-state index in [-0.39, 0.29) is 0 Å². The minimum atomic E-state index is 0.512. The molecule has 1 aliphatic rings. The van der Waals surface area contributed by atoms with Gasteiger partial charge < -0.3 is 15.0 Å². The van der Waals surface area contributed by atoms with Crippen molar-refractivity contribution in [3.05, 3.63) is 29.0 Å². The number of fused-ring (bicyclic) bond motifs is 1. The van der Waals surface area contributed by atoms with Crippen LogP contribution >= 0.6 is 12.2 Å². The molecule has 0 unspecified atom stereocenters. The van der Waals surface area contributed by atoms with Crippen molar-refractivity contribution in [1.29, 1.82) is 0 Å². The van der Waals surface area contributed by atoms with Crippen molar-refractivity contribution in [2.24, 2.45) is 0 Å². The number of morpholine rings is 1. The molecule has 1 fully saturated rings. The van der Waals surface area contributed by atoms with Crippen LogP contribution in [0.4, 0.5) is 5.82 Å². The molecule has 106 valence electrons. The molecule has 3 rings (SSSR count). The molecule has 0 bridgehead atoms. The maximum Gasteiger partial charge on any atom is 0.199 e. The monoisotopic (exact) mass is 290 g/mol. The van der Waals surface area contributed by atoms with Crippen LogP contribution in [-0.4, -0.2) is 54.3 Å². The number of rotatable bonds is 4. The first-order valence-corrected chi connectivity index (χ1v) is 7.27. The second-order valence-corrected chi connectivity index (χ2v) is 5.20. The number of hydrogen-bond acceptors (Lipinski definition) is 5. The van der Waals surface area contributed by atoms with Gasteiger partial charge in [0, 0.05) is 31.6 Å². The number of nitrogens with one attached hydrogen (secondary N) is 2. The summed E-state index contributed by atoms with van der Waals surface area (Å²) in [5, 5.41) is 4.47. The fraction of sp³-hybridized carbons (Fsp3) is 0.429. The number of nitrogens with zero attached hydrogens (tertiary/aromatic N) is 2. The number of anilines is 1. The summed E-state index contributed by atoms with van der Waals surface area (Å²) in [6, 6.07) is 8.06. The number of hydrogen-bond donors (Lipinski definition) is 2. The molecule has 5 nitrogen and oxygen atoms in total. The summed E-state index contributed by atoms with van der Waals surface area (Å²) in [4.78, 5) is 9.89. The van der Waals surface area contributed by atoms with E-state index in [1.165, 1.54) is 0 Å². The van der Waals surface area contributed by atoms with Gasteiger partial charge in [-0.3, -0.25) is 4.90 Å². The van der Waals surface area contributed by atoms with Crippen molar-refractivity contribution in [2.75, 3.05) is 44.7 Å². The summed E-state index contributed by atoms with van der Waals surface area (Å²) in [5.41, 5.74) is 1.02. The summed E-state index contributed by atoms with van der Waals surface area (Å²) in [6.07, 6.45) is 0. The lowest BCUT2D eigenvalue weighted by Crippen LogP contribution is -2.39. The molecule has 0 radical (unpaired) electrons. The minimum Gasteiger partial charge on any atom is -0.379 e. The Morgan fingerprint density at radius 2 is 2.10 bits per heavy atom. The van der Waals surface area contributed by atoms with E-state index in [0.29, 0.717) is 4.77 Å². The third-order valence-corrected chi connectivity index (χ3v) is 3.65. The molecular formula is C14H18N4OS. The lowest BCUT2D eigenvalue weighted by Gasteiger charge is -2.26. The average Bonchev–Trinajstić information content (AvgIpc) is 2.48. The third-order valence-electron chi connectivity index (χ3n) is 3.46. The fourth-order valence-electron chi connectivity index (χ4n) is 2.40. The van der Waals surface area contributed by atoms with Crippen molar-refractivity contribution in [3.8, 4) is 0 Å². The highest BCUT2D eigenvalue weighted by molar-refractivity contribution is 7.71. The number of aromatic amines is 1. The zero-order chi connectivity index (χ0) is 13.8. The molecule has 1 aromatic heterocycles. The molecule has 6 heteroatoms. The van der Waals surface area contributed by atoms with E-state index < -0.39 is 0 Å².